The number of alkyl halides is 3. The van der Waals surface area contributed by atoms with Gasteiger partial charge in [-0.3, -0.25) is 5.43 Å². The Labute approximate surface area is 144 Å². The molecule has 2 aromatic rings. The van der Waals surface area contributed by atoms with Gasteiger partial charge < -0.3 is 10.1 Å². The predicted molar refractivity (Wildman–Crippen MR) is 90.0 cm³/mol. The fraction of sp³-hybridized carbons (Fsp3) is 0.235. The summed E-state index contributed by atoms with van der Waals surface area (Å²) in [4.78, 5) is 11.3. The minimum Gasteiger partial charge on any atom is -0.486 e. The summed E-state index contributed by atoms with van der Waals surface area (Å²) in [6.45, 7) is 2.55. The van der Waals surface area contributed by atoms with E-state index in [9.17, 15) is 18.0 Å². The molecule has 0 fully saturated rings. The average molecular weight is 355 g/mol. The molecule has 0 aliphatic heterocycles. The molecular weight excluding hydrogens is 335 g/mol. The molecule has 0 aliphatic carbocycles. The molecule has 25 heavy (non-hydrogen) atoms. The molecule has 0 unspecified atom stereocenters. The Morgan fingerprint density at radius 2 is 1.72 bits per heavy atom. The van der Waals surface area contributed by atoms with Crippen LogP contribution in [-0.2, 0) is 6.61 Å². The summed E-state index contributed by atoms with van der Waals surface area (Å²) in [5.74, 6) is 5.71. The number of hydrazine groups is 1. The maximum Gasteiger partial charge on any atom is 0.386 e. The van der Waals surface area contributed by atoms with Gasteiger partial charge >= 0.3 is 12.2 Å². The zero-order valence-electron chi connectivity index (χ0n) is 13.9. The van der Waals surface area contributed by atoms with Crippen molar-refractivity contribution in [2.24, 2.45) is 5.84 Å². The third kappa shape index (κ3) is 8.61. The molecule has 0 heterocycles. The lowest BCUT2D eigenvalue weighted by atomic mass is 10.2. The van der Waals surface area contributed by atoms with Crippen molar-refractivity contribution in [3.05, 3.63) is 59.7 Å². The zero-order valence-corrected chi connectivity index (χ0v) is 13.9. The van der Waals surface area contributed by atoms with Gasteiger partial charge in [0.25, 0.3) is 0 Å². The maximum atomic E-state index is 11.3. The maximum absolute atomic E-state index is 11.3. The van der Waals surface area contributed by atoms with E-state index in [0.29, 0.717) is 18.0 Å². The molecule has 4 N–H and O–H groups in total. The molecular formula is C17H20F3N3O2. The minimum absolute atomic E-state index is 0.188. The number of ether oxygens (including phenoxy) is 1. The Kier molecular flexibility index (Phi) is 7.74. The second-order valence-electron chi connectivity index (χ2n) is 5.11. The van der Waals surface area contributed by atoms with Crippen LogP contribution in [0.15, 0.2) is 48.5 Å². The zero-order chi connectivity index (χ0) is 18.9. The normalized spacial score (nSPS) is 10.3. The fourth-order valence-corrected chi connectivity index (χ4v) is 1.83. The minimum atomic E-state index is -4.00. The van der Waals surface area contributed by atoms with Gasteiger partial charge in [-0.1, -0.05) is 42.5 Å². The van der Waals surface area contributed by atoms with Gasteiger partial charge in [-0.2, -0.15) is 13.2 Å². The molecule has 2 aromatic carbocycles. The first-order valence-electron chi connectivity index (χ1n) is 7.31. The number of urea groups is 1. The topological polar surface area (TPSA) is 76.4 Å². The fourth-order valence-electron chi connectivity index (χ4n) is 1.83. The van der Waals surface area contributed by atoms with Crippen molar-refractivity contribution in [3.63, 3.8) is 0 Å². The van der Waals surface area contributed by atoms with Crippen LogP contribution < -0.4 is 21.3 Å². The van der Waals surface area contributed by atoms with Gasteiger partial charge in [0.05, 0.1) is 5.69 Å². The number of halogens is 3. The Balaban J connectivity index is 0.000000550. The highest BCUT2D eigenvalue weighted by Crippen LogP contribution is 2.29. The molecule has 0 bridgehead atoms. The molecule has 0 saturated heterocycles. The standard InChI is InChI=1S/C15H17N3O2.C2H3F3/c1-11-6-5-9-13(17-15(19)18-16)14(11)20-10-12-7-3-2-4-8-12;1-2(3,4)5/h2-9H,10,16H2,1H3,(H2,17,18,19);1H3. The lowest BCUT2D eigenvalue weighted by molar-refractivity contribution is -0.110. The number of para-hydroxylation sites is 1. The van der Waals surface area contributed by atoms with Crippen molar-refractivity contribution in [3.8, 4) is 5.75 Å². The summed E-state index contributed by atoms with van der Waals surface area (Å²) in [7, 11) is 0. The summed E-state index contributed by atoms with van der Waals surface area (Å²) < 4.78 is 36.9. The number of carbonyl (C=O) groups is 1. The highest BCUT2D eigenvalue weighted by Gasteiger charge is 2.15. The quantitative estimate of drug-likeness (QED) is 0.438. The lowest BCUT2D eigenvalue weighted by Crippen LogP contribution is -2.34. The highest BCUT2D eigenvalue weighted by molar-refractivity contribution is 5.90. The first kappa shape index (κ1) is 20.3. The van der Waals surface area contributed by atoms with E-state index in [2.05, 4.69) is 5.32 Å². The molecule has 136 valence electrons. The van der Waals surface area contributed by atoms with Crippen molar-refractivity contribution in [2.45, 2.75) is 26.6 Å². The van der Waals surface area contributed by atoms with E-state index in [1.807, 2.05) is 54.8 Å². The highest BCUT2D eigenvalue weighted by atomic mass is 19.4. The Hall–Kier alpha value is -2.74. The molecule has 0 atom stereocenters. The summed E-state index contributed by atoms with van der Waals surface area (Å²) in [6, 6.07) is 14.9. The number of carbonyl (C=O) groups excluding carboxylic acids is 1. The first-order chi connectivity index (χ1) is 11.7. The number of rotatable bonds is 4. The third-order valence-corrected chi connectivity index (χ3v) is 2.82. The molecule has 0 aromatic heterocycles. The van der Waals surface area contributed by atoms with Crippen molar-refractivity contribution < 1.29 is 22.7 Å². The van der Waals surface area contributed by atoms with Gasteiger partial charge in [-0.15, -0.1) is 0 Å². The van der Waals surface area contributed by atoms with Crippen LogP contribution in [0.3, 0.4) is 0 Å². The molecule has 0 aliphatic rings. The summed E-state index contributed by atoms with van der Waals surface area (Å²) >= 11 is 0. The average Bonchev–Trinajstić information content (AvgIpc) is 2.53. The second-order valence-corrected chi connectivity index (χ2v) is 5.11. The number of benzene rings is 2. The van der Waals surface area contributed by atoms with Gasteiger partial charge in [0.1, 0.15) is 12.4 Å². The Morgan fingerprint density at radius 1 is 1.12 bits per heavy atom. The number of aryl methyl sites for hydroxylation is 1. The van der Waals surface area contributed by atoms with Crippen molar-refractivity contribution >= 4 is 11.7 Å². The largest absolute Gasteiger partial charge is 0.486 e. The van der Waals surface area contributed by atoms with Crippen LogP contribution in [0.2, 0.25) is 0 Å². The van der Waals surface area contributed by atoms with Gasteiger partial charge in [0, 0.05) is 6.92 Å². The van der Waals surface area contributed by atoms with Crippen LogP contribution in [0.5, 0.6) is 5.75 Å². The Morgan fingerprint density at radius 3 is 2.28 bits per heavy atom. The molecule has 5 nitrogen and oxygen atoms in total. The third-order valence-electron chi connectivity index (χ3n) is 2.82. The smallest absolute Gasteiger partial charge is 0.386 e. The van der Waals surface area contributed by atoms with E-state index in [4.69, 9.17) is 10.6 Å². The van der Waals surface area contributed by atoms with Crippen LogP contribution in [0.1, 0.15) is 18.1 Å². The molecule has 2 rings (SSSR count). The van der Waals surface area contributed by atoms with Gasteiger partial charge in [-0.25, -0.2) is 10.6 Å². The number of amides is 2. The monoisotopic (exact) mass is 355 g/mol. The SMILES string of the molecule is CC(F)(F)F.Cc1cccc(NC(=O)NN)c1OCc1ccccc1. The van der Waals surface area contributed by atoms with Crippen molar-refractivity contribution in [1.29, 1.82) is 0 Å². The van der Waals surface area contributed by atoms with Crippen LogP contribution in [-0.4, -0.2) is 12.2 Å². The van der Waals surface area contributed by atoms with Gasteiger partial charge in [-0.05, 0) is 24.1 Å². The first-order valence-corrected chi connectivity index (χ1v) is 7.31. The van der Waals surface area contributed by atoms with E-state index < -0.39 is 12.2 Å². The summed E-state index contributed by atoms with van der Waals surface area (Å²) in [5.41, 5.74) is 4.62. The number of hydrogen-bond donors (Lipinski definition) is 3. The second kappa shape index (κ2) is 9.53. The van der Waals surface area contributed by atoms with Crippen molar-refractivity contribution in [1.82, 2.24) is 5.43 Å². The van der Waals surface area contributed by atoms with Crippen LogP contribution in [0.4, 0.5) is 23.7 Å². The predicted octanol–water partition coefficient (Wildman–Crippen LogP) is 4.14. The molecule has 0 spiro atoms. The van der Waals surface area contributed by atoms with Crippen LogP contribution >= 0.6 is 0 Å². The number of nitrogens with two attached hydrogens (primary N) is 1. The van der Waals surface area contributed by atoms with E-state index >= 15 is 0 Å². The lowest BCUT2D eigenvalue weighted by Gasteiger charge is -2.14. The van der Waals surface area contributed by atoms with E-state index in [-0.39, 0.29) is 6.92 Å². The number of hydrogen-bond acceptors (Lipinski definition) is 3. The summed E-state index contributed by atoms with van der Waals surface area (Å²) in [5, 5.41) is 2.64. The van der Waals surface area contributed by atoms with E-state index in [1.165, 1.54) is 0 Å². The van der Waals surface area contributed by atoms with Gasteiger partial charge in [0.15, 0.2) is 0 Å². The molecule has 0 radical (unpaired) electrons. The number of anilines is 1. The summed E-state index contributed by atoms with van der Waals surface area (Å²) in [6.07, 6.45) is -4.00. The van der Waals surface area contributed by atoms with E-state index in [0.717, 1.165) is 11.1 Å². The molecule has 0 saturated carbocycles. The van der Waals surface area contributed by atoms with Crippen LogP contribution in [0, 0.1) is 6.92 Å². The van der Waals surface area contributed by atoms with Crippen molar-refractivity contribution in [2.75, 3.05) is 5.32 Å². The van der Waals surface area contributed by atoms with Gasteiger partial charge in [0.2, 0.25) is 0 Å². The number of nitrogens with one attached hydrogen (secondary N) is 2. The Bertz CT molecular complexity index is 671. The van der Waals surface area contributed by atoms with Crippen LogP contribution in [0.25, 0.3) is 0 Å². The molecule has 2 amide bonds. The molecule has 8 heteroatoms. The van der Waals surface area contributed by atoms with E-state index in [1.54, 1.807) is 6.07 Å².